The van der Waals surface area contributed by atoms with E-state index in [0.29, 0.717) is 17.9 Å². The van der Waals surface area contributed by atoms with Gasteiger partial charge >= 0.3 is 0 Å². The van der Waals surface area contributed by atoms with Gasteiger partial charge in [-0.1, -0.05) is 17.8 Å². The number of pyridine rings is 1. The highest BCUT2D eigenvalue weighted by molar-refractivity contribution is 7.22. The van der Waals surface area contributed by atoms with Crippen LogP contribution >= 0.6 is 11.3 Å². The smallest absolute Gasteiger partial charge is 0.225 e. The van der Waals surface area contributed by atoms with Crippen molar-refractivity contribution < 1.29 is 4.79 Å². The quantitative estimate of drug-likeness (QED) is 0.868. The fraction of sp³-hybridized carbons (Fsp3) is 0.588. The van der Waals surface area contributed by atoms with Gasteiger partial charge in [-0.15, -0.1) is 0 Å². The highest BCUT2D eigenvalue weighted by atomic mass is 32.1. The molecule has 1 saturated heterocycles. The van der Waals surface area contributed by atoms with E-state index in [-0.39, 0.29) is 0 Å². The second-order valence-corrected chi connectivity index (χ2v) is 7.64. The first-order valence-corrected chi connectivity index (χ1v) is 9.26. The van der Waals surface area contributed by atoms with Crippen LogP contribution in [0.15, 0.2) is 18.5 Å². The Morgan fingerprint density at radius 1 is 1.30 bits per heavy atom. The van der Waals surface area contributed by atoms with E-state index in [4.69, 9.17) is 4.98 Å². The molecule has 4 rings (SSSR count). The van der Waals surface area contributed by atoms with Gasteiger partial charge in [0, 0.05) is 38.3 Å². The minimum atomic E-state index is 0.301. The van der Waals surface area contributed by atoms with Crippen LogP contribution in [-0.2, 0) is 4.79 Å². The van der Waals surface area contributed by atoms with Gasteiger partial charge in [-0.05, 0) is 31.7 Å². The van der Waals surface area contributed by atoms with Crippen molar-refractivity contribution >= 4 is 32.6 Å². The van der Waals surface area contributed by atoms with E-state index in [0.717, 1.165) is 49.4 Å². The van der Waals surface area contributed by atoms with Crippen LogP contribution in [0.1, 0.15) is 32.1 Å². The van der Waals surface area contributed by atoms with Crippen LogP contribution in [0.4, 0.5) is 5.13 Å². The number of rotatable bonds is 3. The number of carbonyl (C=O) groups excluding carboxylic acids is 1. The average molecular weight is 330 g/mol. The number of hydrogen-bond acceptors (Lipinski definition) is 5. The number of amides is 1. The molecule has 1 saturated carbocycles. The van der Waals surface area contributed by atoms with Crippen molar-refractivity contribution in [2.75, 3.05) is 25.0 Å². The minimum absolute atomic E-state index is 0.301. The van der Waals surface area contributed by atoms with Crippen LogP contribution in [0.5, 0.6) is 0 Å². The molecule has 0 atom stereocenters. The Labute approximate surface area is 140 Å². The van der Waals surface area contributed by atoms with Gasteiger partial charge in [-0.2, -0.15) is 0 Å². The summed E-state index contributed by atoms with van der Waals surface area (Å²) in [4.78, 5) is 25.6. The van der Waals surface area contributed by atoms with E-state index in [9.17, 15) is 4.79 Å². The summed E-state index contributed by atoms with van der Waals surface area (Å²) in [5.41, 5.74) is 0.979. The first-order valence-electron chi connectivity index (χ1n) is 8.44. The number of carbonyl (C=O) groups is 1. The maximum Gasteiger partial charge on any atom is 0.225 e. The number of thiazole rings is 1. The molecular weight excluding hydrogens is 308 g/mol. The third-order valence-electron chi connectivity index (χ3n) is 5.26. The van der Waals surface area contributed by atoms with E-state index < -0.39 is 0 Å². The van der Waals surface area contributed by atoms with Crippen LogP contribution < -0.4 is 4.90 Å². The summed E-state index contributed by atoms with van der Waals surface area (Å²) in [6.45, 7) is 1.94. The number of aromatic nitrogens is 2. The Kier molecular flexibility index (Phi) is 3.93. The van der Waals surface area contributed by atoms with Gasteiger partial charge in [0.05, 0.1) is 10.9 Å². The Bertz CT molecular complexity index is 670. The molecule has 23 heavy (non-hydrogen) atoms. The summed E-state index contributed by atoms with van der Waals surface area (Å²) >= 11 is 1.73. The second kappa shape index (κ2) is 6.07. The molecule has 122 valence electrons. The molecular formula is C17H22N4OS. The fourth-order valence-electron chi connectivity index (χ4n) is 3.47. The Balaban J connectivity index is 1.39. The zero-order valence-corrected chi connectivity index (χ0v) is 14.3. The third kappa shape index (κ3) is 2.80. The summed E-state index contributed by atoms with van der Waals surface area (Å²) in [5, 5.41) is 1.08. The van der Waals surface area contributed by atoms with Crippen molar-refractivity contribution in [1.29, 1.82) is 0 Å². The van der Waals surface area contributed by atoms with Crippen LogP contribution in [-0.4, -0.2) is 47.0 Å². The number of hydrogen-bond donors (Lipinski definition) is 0. The molecule has 0 aromatic carbocycles. The summed E-state index contributed by atoms with van der Waals surface area (Å²) in [6, 6.07) is 2.41. The molecule has 2 aliphatic rings. The van der Waals surface area contributed by atoms with Crippen molar-refractivity contribution in [1.82, 2.24) is 14.9 Å². The van der Waals surface area contributed by atoms with E-state index >= 15 is 0 Å². The van der Waals surface area contributed by atoms with E-state index in [1.165, 1.54) is 11.1 Å². The van der Waals surface area contributed by atoms with Crippen molar-refractivity contribution in [3.63, 3.8) is 0 Å². The molecule has 1 aliphatic heterocycles. The van der Waals surface area contributed by atoms with E-state index in [1.54, 1.807) is 11.3 Å². The van der Waals surface area contributed by atoms with Crippen LogP contribution in [0.2, 0.25) is 0 Å². The molecule has 1 aliphatic carbocycles. The normalized spacial score (nSPS) is 19.8. The largest absolute Gasteiger partial charge is 0.348 e. The van der Waals surface area contributed by atoms with Gasteiger partial charge in [-0.25, -0.2) is 4.98 Å². The predicted octanol–water partition coefficient (Wildman–Crippen LogP) is 2.92. The Morgan fingerprint density at radius 3 is 2.74 bits per heavy atom. The summed E-state index contributed by atoms with van der Waals surface area (Å²) in [5.74, 6) is 0.663. The first-order chi connectivity index (χ1) is 11.2. The Morgan fingerprint density at radius 2 is 2.09 bits per heavy atom. The molecule has 6 heteroatoms. The second-order valence-electron chi connectivity index (χ2n) is 6.64. The molecule has 0 bridgehead atoms. The third-order valence-corrected chi connectivity index (χ3v) is 6.36. The standard InChI is InChI=1S/C17H22N4OS/c1-20(16(22)12-3-2-4-12)13-6-9-21(10-7-13)17-19-14-11-18-8-5-15(14)23-17/h5,8,11-13H,2-4,6-7,9-10H2,1H3. The molecule has 3 heterocycles. The number of anilines is 1. The maximum absolute atomic E-state index is 12.4. The van der Waals surface area contributed by atoms with Crippen LogP contribution in [0.25, 0.3) is 10.2 Å². The molecule has 0 spiro atoms. The predicted molar refractivity (Wildman–Crippen MR) is 92.8 cm³/mol. The maximum atomic E-state index is 12.4. The van der Waals surface area contributed by atoms with Gasteiger partial charge in [0.15, 0.2) is 5.13 Å². The van der Waals surface area contributed by atoms with Crippen molar-refractivity contribution in [2.45, 2.75) is 38.1 Å². The molecule has 2 aromatic heterocycles. The SMILES string of the molecule is CN(C(=O)C1CCC1)C1CCN(c2nc3cnccc3s2)CC1. The summed E-state index contributed by atoms with van der Waals surface area (Å²) in [6.07, 6.45) is 9.09. The molecule has 0 N–H and O–H groups in total. The summed E-state index contributed by atoms with van der Waals surface area (Å²) in [7, 11) is 1.99. The highest BCUT2D eigenvalue weighted by Crippen LogP contribution is 2.32. The van der Waals surface area contributed by atoms with Crippen LogP contribution in [0, 0.1) is 5.92 Å². The number of fused-ring (bicyclic) bond motifs is 1. The lowest BCUT2D eigenvalue weighted by Gasteiger charge is -2.39. The lowest BCUT2D eigenvalue weighted by Crippen LogP contribution is -2.48. The van der Waals surface area contributed by atoms with Gasteiger partial charge in [0.25, 0.3) is 0 Å². The Hall–Kier alpha value is -1.69. The lowest BCUT2D eigenvalue weighted by atomic mass is 9.84. The first kappa shape index (κ1) is 14.9. The van der Waals surface area contributed by atoms with Crippen molar-refractivity contribution in [2.24, 2.45) is 5.92 Å². The zero-order chi connectivity index (χ0) is 15.8. The number of nitrogens with zero attached hydrogens (tertiary/aromatic N) is 4. The highest BCUT2D eigenvalue weighted by Gasteiger charge is 2.32. The molecule has 2 aromatic rings. The van der Waals surface area contributed by atoms with Gasteiger partial charge < -0.3 is 9.80 Å². The van der Waals surface area contributed by atoms with Crippen molar-refractivity contribution in [3.05, 3.63) is 18.5 Å². The minimum Gasteiger partial charge on any atom is -0.348 e. The molecule has 0 unspecified atom stereocenters. The van der Waals surface area contributed by atoms with Gasteiger partial charge in [0.1, 0.15) is 5.52 Å². The molecule has 1 amide bonds. The fourth-order valence-corrected chi connectivity index (χ4v) is 4.45. The lowest BCUT2D eigenvalue weighted by molar-refractivity contribution is -0.139. The van der Waals surface area contributed by atoms with Crippen LogP contribution in [0.3, 0.4) is 0 Å². The summed E-state index contributed by atoms with van der Waals surface area (Å²) < 4.78 is 1.19. The van der Waals surface area contributed by atoms with Gasteiger partial charge in [0.2, 0.25) is 5.91 Å². The van der Waals surface area contributed by atoms with E-state index in [2.05, 4.69) is 9.88 Å². The van der Waals surface area contributed by atoms with Gasteiger partial charge in [-0.3, -0.25) is 9.78 Å². The molecule has 0 radical (unpaired) electrons. The monoisotopic (exact) mass is 330 g/mol. The van der Waals surface area contributed by atoms with E-state index in [1.807, 2.05) is 30.4 Å². The number of piperidine rings is 1. The topological polar surface area (TPSA) is 49.3 Å². The zero-order valence-electron chi connectivity index (χ0n) is 13.4. The molecule has 5 nitrogen and oxygen atoms in total. The average Bonchev–Trinajstić information content (AvgIpc) is 2.96. The van der Waals surface area contributed by atoms with Crippen molar-refractivity contribution in [3.8, 4) is 0 Å². The molecule has 2 fully saturated rings.